The van der Waals surface area contributed by atoms with E-state index >= 15 is 0 Å². The van der Waals surface area contributed by atoms with Crippen molar-refractivity contribution in [2.45, 2.75) is 24.7 Å². The van der Waals surface area contributed by atoms with Crippen molar-refractivity contribution in [3.63, 3.8) is 0 Å². The van der Waals surface area contributed by atoms with Crippen LogP contribution >= 0.6 is 27.5 Å². The third kappa shape index (κ3) is 1.93. The van der Waals surface area contributed by atoms with E-state index in [4.69, 9.17) is 16.3 Å². The monoisotopic (exact) mass is 318 g/mol. The molecule has 1 aromatic carbocycles. The number of benzene rings is 1. The summed E-state index contributed by atoms with van der Waals surface area (Å²) in [6, 6.07) is 3.42. The zero-order valence-electron chi connectivity index (χ0n) is 9.30. The number of methoxy groups -OCH3 is 1. The maximum absolute atomic E-state index is 11.4. The molecular formula is C12H12BrClO3. The second-order valence-corrected chi connectivity index (χ2v) is 5.47. The van der Waals surface area contributed by atoms with Crippen LogP contribution in [0.3, 0.4) is 0 Å². The summed E-state index contributed by atoms with van der Waals surface area (Å²) in [6.07, 6.45) is 2.20. The van der Waals surface area contributed by atoms with E-state index in [0.717, 1.165) is 10.9 Å². The van der Waals surface area contributed by atoms with E-state index in [9.17, 15) is 9.90 Å². The molecule has 5 heteroatoms. The number of halogens is 2. The second-order valence-electron chi connectivity index (χ2n) is 4.21. The molecule has 0 saturated heterocycles. The van der Waals surface area contributed by atoms with Gasteiger partial charge in [0, 0.05) is 11.1 Å². The number of hydrogen-bond donors (Lipinski definition) is 1. The topological polar surface area (TPSA) is 46.5 Å². The van der Waals surface area contributed by atoms with Gasteiger partial charge in [-0.15, -0.1) is 0 Å². The molecule has 0 heterocycles. The van der Waals surface area contributed by atoms with E-state index in [-0.39, 0.29) is 0 Å². The molecule has 1 N–H and O–H groups in total. The molecule has 1 fully saturated rings. The van der Waals surface area contributed by atoms with Gasteiger partial charge in [0.25, 0.3) is 0 Å². The number of ether oxygens (including phenoxy) is 1. The largest absolute Gasteiger partial charge is 0.496 e. The Morgan fingerprint density at radius 1 is 1.53 bits per heavy atom. The highest BCUT2D eigenvalue weighted by Gasteiger charge is 2.47. The molecule has 0 aliphatic heterocycles. The maximum Gasteiger partial charge on any atom is 0.314 e. The Balaban J connectivity index is 2.52. The Kier molecular flexibility index (Phi) is 3.36. The van der Waals surface area contributed by atoms with Crippen LogP contribution in [0.15, 0.2) is 16.6 Å². The highest BCUT2D eigenvalue weighted by molar-refractivity contribution is 9.10. The Labute approximate surface area is 113 Å². The lowest BCUT2D eigenvalue weighted by Gasteiger charge is -2.38. The molecule has 0 amide bonds. The lowest BCUT2D eigenvalue weighted by atomic mass is 9.64. The number of carboxylic acids is 1. The van der Waals surface area contributed by atoms with Gasteiger partial charge in [-0.05, 0) is 40.4 Å². The van der Waals surface area contributed by atoms with Gasteiger partial charge in [0.1, 0.15) is 5.75 Å². The lowest BCUT2D eigenvalue weighted by molar-refractivity contribution is -0.147. The van der Waals surface area contributed by atoms with Gasteiger partial charge in [-0.3, -0.25) is 4.79 Å². The van der Waals surface area contributed by atoms with E-state index in [0.29, 0.717) is 29.2 Å². The van der Waals surface area contributed by atoms with Gasteiger partial charge in [-0.1, -0.05) is 18.0 Å². The fourth-order valence-electron chi connectivity index (χ4n) is 2.18. The first-order chi connectivity index (χ1) is 8.01. The van der Waals surface area contributed by atoms with Crippen LogP contribution in [-0.4, -0.2) is 18.2 Å². The predicted molar refractivity (Wildman–Crippen MR) is 68.9 cm³/mol. The van der Waals surface area contributed by atoms with Gasteiger partial charge in [0.2, 0.25) is 0 Å². The molecule has 17 heavy (non-hydrogen) atoms. The van der Waals surface area contributed by atoms with Gasteiger partial charge < -0.3 is 9.84 Å². The molecule has 0 unspecified atom stereocenters. The molecule has 0 radical (unpaired) electrons. The molecule has 1 aliphatic rings. The normalized spacial score (nSPS) is 17.4. The van der Waals surface area contributed by atoms with Crippen LogP contribution in [0.2, 0.25) is 5.02 Å². The Bertz CT molecular complexity index is 469. The average Bonchev–Trinajstić information content (AvgIpc) is 2.20. The third-order valence-electron chi connectivity index (χ3n) is 3.37. The van der Waals surface area contributed by atoms with Crippen LogP contribution in [0.1, 0.15) is 24.8 Å². The fourth-order valence-corrected chi connectivity index (χ4v) is 3.02. The summed E-state index contributed by atoms with van der Waals surface area (Å²) >= 11 is 9.52. The standard InChI is InChI=1S/C12H12BrClO3/c1-17-10-6-9(14)7(5-8(10)13)12(11(15)16)3-2-4-12/h5-6H,2-4H2,1H3,(H,15,16). The summed E-state index contributed by atoms with van der Waals surface area (Å²) in [5.74, 6) is -0.193. The van der Waals surface area contributed by atoms with Crippen molar-refractivity contribution in [1.29, 1.82) is 0 Å². The second kappa shape index (κ2) is 4.50. The van der Waals surface area contributed by atoms with E-state index in [1.165, 1.54) is 0 Å². The highest BCUT2D eigenvalue weighted by atomic mass is 79.9. The maximum atomic E-state index is 11.4. The summed E-state index contributed by atoms with van der Waals surface area (Å²) < 4.78 is 5.86. The van der Waals surface area contributed by atoms with E-state index in [2.05, 4.69) is 15.9 Å². The molecular weight excluding hydrogens is 307 g/mol. The van der Waals surface area contributed by atoms with E-state index in [1.54, 1.807) is 19.2 Å². The van der Waals surface area contributed by atoms with Crippen LogP contribution in [0.25, 0.3) is 0 Å². The van der Waals surface area contributed by atoms with Crippen molar-refractivity contribution < 1.29 is 14.6 Å². The first-order valence-corrected chi connectivity index (χ1v) is 6.45. The summed E-state index contributed by atoms with van der Waals surface area (Å²) in [5.41, 5.74) is -0.142. The summed E-state index contributed by atoms with van der Waals surface area (Å²) in [4.78, 5) is 11.4. The quantitative estimate of drug-likeness (QED) is 0.925. The van der Waals surface area contributed by atoms with Crippen molar-refractivity contribution >= 4 is 33.5 Å². The minimum atomic E-state index is -0.814. The van der Waals surface area contributed by atoms with Crippen molar-refractivity contribution in [1.82, 2.24) is 0 Å². The molecule has 0 bridgehead atoms. The van der Waals surface area contributed by atoms with Crippen LogP contribution in [0.5, 0.6) is 5.75 Å². The fraction of sp³-hybridized carbons (Fsp3) is 0.417. The summed E-state index contributed by atoms with van der Waals surface area (Å²) in [6.45, 7) is 0. The summed E-state index contributed by atoms with van der Waals surface area (Å²) in [7, 11) is 1.55. The molecule has 2 rings (SSSR count). The number of rotatable bonds is 3. The van der Waals surface area contributed by atoms with E-state index < -0.39 is 11.4 Å². The Morgan fingerprint density at radius 3 is 2.59 bits per heavy atom. The molecule has 0 spiro atoms. The SMILES string of the molecule is COc1cc(Cl)c(C2(C(=O)O)CCC2)cc1Br. The Morgan fingerprint density at radius 2 is 2.18 bits per heavy atom. The molecule has 1 aliphatic carbocycles. The molecule has 0 aromatic heterocycles. The van der Waals surface area contributed by atoms with E-state index in [1.807, 2.05) is 0 Å². The minimum Gasteiger partial charge on any atom is -0.496 e. The highest BCUT2D eigenvalue weighted by Crippen LogP contribution is 2.48. The molecule has 1 aromatic rings. The van der Waals surface area contributed by atoms with Crippen LogP contribution in [0, 0.1) is 0 Å². The molecule has 92 valence electrons. The first-order valence-electron chi connectivity index (χ1n) is 5.28. The zero-order chi connectivity index (χ0) is 12.6. The number of hydrogen-bond acceptors (Lipinski definition) is 2. The van der Waals surface area contributed by atoms with Crippen molar-refractivity contribution in [2.75, 3.05) is 7.11 Å². The predicted octanol–water partition coefficient (Wildman–Crippen LogP) is 3.62. The van der Waals surface area contributed by atoms with Crippen LogP contribution < -0.4 is 4.74 Å². The van der Waals surface area contributed by atoms with Gasteiger partial charge in [-0.2, -0.15) is 0 Å². The van der Waals surface area contributed by atoms with Crippen LogP contribution in [0.4, 0.5) is 0 Å². The molecule has 3 nitrogen and oxygen atoms in total. The van der Waals surface area contributed by atoms with Crippen LogP contribution in [-0.2, 0) is 10.2 Å². The average molecular weight is 320 g/mol. The first kappa shape index (κ1) is 12.7. The van der Waals surface area contributed by atoms with Gasteiger partial charge >= 0.3 is 5.97 Å². The summed E-state index contributed by atoms with van der Waals surface area (Å²) in [5, 5.41) is 9.82. The van der Waals surface area contributed by atoms with Crippen molar-refractivity contribution in [3.05, 3.63) is 27.2 Å². The third-order valence-corrected chi connectivity index (χ3v) is 4.31. The van der Waals surface area contributed by atoms with Gasteiger partial charge in [-0.25, -0.2) is 0 Å². The number of aliphatic carboxylic acids is 1. The van der Waals surface area contributed by atoms with Crippen molar-refractivity contribution in [2.24, 2.45) is 0 Å². The van der Waals surface area contributed by atoms with Gasteiger partial charge in [0.05, 0.1) is 17.0 Å². The minimum absolute atomic E-state index is 0.451. The lowest BCUT2D eigenvalue weighted by Crippen LogP contribution is -2.42. The van der Waals surface area contributed by atoms with Gasteiger partial charge in [0.15, 0.2) is 0 Å². The smallest absolute Gasteiger partial charge is 0.314 e. The van der Waals surface area contributed by atoms with Crippen molar-refractivity contribution in [3.8, 4) is 5.75 Å². The molecule has 0 atom stereocenters. The molecule has 1 saturated carbocycles. The zero-order valence-corrected chi connectivity index (χ0v) is 11.6. The Hall–Kier alpha value is -0.740. The number of carboxylic acid groups (broad SMARTS) is 1. The number of carbonyl (C=O) groups is 1.